The summed E-state index contributed by atoms with van der Waals surface area (Å²) in [5.74, 6) is -2.59. The van der Waals surface area contributed by atoms with E-state index in [-0.39, 0.29) is 24.3 Å². The Balaban J connectivity index is 3.09. The minimum atomic E-state index is -6.65. The first-order valence-electron chi connectivity index (χ1n) is 6.03. The summed E-state index contributed by atoms with van der Waals surface area (Å²) >= 11 is 0. The summed E-state index contributed by atoms with van der Waals surface area (Å²) in [4.78, 5) is 0. The molecule has 0 fully saturated rings. The van der Waals surface area contributed by atoms with E-state index in [4.69, 9.17) is 0 Å². The molecule has 1 aromatic carbocycles. The second-order valence-electron chi connectivity index (χ2n) is 4.58. The highest BCUT2D eigenvalue weighted by atomic mass is 32.2. The fraction of sp³-hybridized carbons (Fsp3) is 0.400. The van der Waals surface area contributed by atoms with Crippen LogP contribution in [0.5, 0.6) is 11.5 Å². The van der Waals surface area contributed by atoms with Crippen LogP contribution in [0.1, 0.15) is 0 Å². The first kappa shape index (κ1) is 24.1. The van der Waals surface area contributed by atoms with Gasteiger partial charge in [0.25, 0.3) is 0 Å². The van der Waals surface area contributed by atoms with Gasteiger partial charge in [-0.05, 0) is 24.3 Å². The van der Waals surface area contributed by atoms with E-state index in [0.29, 0.717) is 0 Å². The molecule has 0 radical (unpaired) electrons. The van der Waals surface area contributed by atoms with Crippen molar-refractivity contribution >= 4 is 20.2 Å². The molecule has 0 spiro atoms. The van der Waals surface area contributed by atoms with E-state index >= 15 is 0 Å². The zero-order valence-corrected chi connectivity index (χ0v) is 14.0. The van der Waals surface area contributed by atoms with E-state index < -0.39 is 54.6 Å². The highest BCUT2D eigenvalue weighted by Crippen LogP contribution is 2.42. The van der Waals surface area contributed by atoms with Gasteiger partial charge in [0.1, 0.15) is 11.5 Å². The summed E-state index contributed by atoms with van der Waals surface area (Å²) in [7, 11) is -13.3. The Morgan fingerprint density at radius 1 is 0.536 bits per heavy atom. The summed E-state index contributed by atoms with van der Waals surface area (Å²) in [6, 6.07) is 0.613. The molecule has 0 aliphatic heterocycles. The minimum absolute atomic E-state index is 0.153. The van der Waals surface area contributed by atoms with Crippen molar-refractivity contribution in [2.24, 2.45) is 0 Å². The van der Waals surface area contributed by atoms with Crippen LogP contribution >= 0.6 is 0 Å². The first-order valence-corrected chi connectivity index (χ1v) is 8.84. The maximum atomic E-state index is 12.8. The topological polar surface area (TPSA) is 86.7 Å². The fourth-order valence-corrected chi connectivity index (χ4v) is 2.70. The third-order valence-electron chi connectivity index (χ3n) is 2.52. The molecule has 18 heteroatoms. The van der Waals surface area contributed by atoms with E-state index in [1.165, 1.54) is 0 Å². The van der Waals surface area contributed by atoms with Gasteiger partial charge in [0.15, 0.2) is 0 Å². The Morgan fingerprint density at radius 3 is 0.929 bits per heavy atom. The molecule has 0 N–H and O–H groups in total. The molecule has 162 valence electrons. The van der Waals surface area contributed by atoms with Crippen molar-refractivity contribution in [3.05, 3.63) is 24.3 Å². The number of hydrogen-bond donors (Lipinski definition) is 0. The monoisotopic (exact) mass is 474 g/mol. The molecule has 0 amide bonds. The van der Waals surface area contributed by atoms with Crippen molar-refractivity contribution in [3.8, 4) is 11.5 Å². The van der Waals surface area contributed by atoms with Crippen molar-refractivity contribution in [2.75, 3.05) is 0 Å². The van der Waals surface area contributed by atoms with Crippen LogP contribution in [0.4, 0.5) is 43.9 Å². The standard InChI is InChI=1S/C10H4F10O6S2/c11-7(12,13)9(17,18)27(21,22)25-5-1-2-6(4-3-5)26-28(23,24)10(19,20)8(14,15)16/h1-4H. The molecule has 0 unspecified atom stereocenters. The van der Waals surface area contributed by atoms with Gasteiger partial charge in [0.05, 0.1) is 0 Å². The molecule has 28 heavy (non-hydrogen) atoms. The van der Waals surface area contributed by atoms with Gasteiger partial charge in [0, 0.05) is 0 Å². The van der Waals surface area contributed by atoms with Crippen LogP contribution < -0.4 is 8.37 Å². The summed E-state index contributed by atoms with van der Waals surface area (Å²) in [5.41, 5.74) is 0. The van der Waals surface area contributed by atoms with Gasteiger partial charge in [-0.25, -0.2) is 0 Å². The molecule has 0 aliphatic rings. The molecule has 0 atom stereocenters. The normalized spacial score (nSPS) is 14.6. The molecule has 0 heterocycles. The van der Waals surface area contributed by atoms with E-state index in [0.717, 1.165) is 0 Å². The molecular weight excluding hydrogens is 470 g/mol. The Bertz CT molecular complexity index is 838. The zero-order valence-electron chi connectivity index (χ0n) is 12.4. The molecule has 0 bridgehead atoms. The summed E-state index contributed by atoms with van der Waals surface area (Å²) in [5, 5.41) is -12.7. The van der Waals surface area contributed by atoms with Crippen LogP contribution in [0.2, 0.25) is 0 Å². The van der Waals surface area contributed by atoms with Crippen molar-refractivity contribution in [1.82, 2.24) is 0 Å². The van der Waals surface area contributed by atoms with Gasteiger partial charge in [-0.2, -0.15) is 60.7 Å². The smallest absolute Gasteiger partial charge is 0.378 e. The lowest BCUT2D eigenvalue weighted by atomic mass is 10.3. The summed E-state index contributed by atoms with van der Waals surface area (Å²) < 4.78 is 174. The van der Waals surface area contributed by atoms with E-state index in [1.54, 1.807) is 0 Å². The number of hydrogen-bond acceptors (Lipinski definition) is 6. The number of alkyl halides is 10. The van der Waals surface area contributed by atoms with Gasteiger partial charge in [-0.15, -0.1) is 0 Å². The Morgan fingerprint density at radius 2 is 0.750 bits per heavy atom. The van der Waals surface area contributed by atoms with Gasteiger partial charge in [-0.1, -0.05) is 0 Å². The lowest BCUT2D eigenvalue weighted by Gasteiger charge is -2.20. The van der Waals surface area contributed by atoms with Crippen molar-refractivity contribution in [2.45, 2.75) is 22.9 Å². The van der Waals surface area contributed by atoms with Gasteiger partial charge < -0.3 is 8.37 Å². The molecule has 0 aromatic heterocycles. The predicted molar refractivity (Wildman–Crippen MR) is 67.5 cm³/mol. The number of halogens is 10. The lowest BCUT2D eigenvalue weighted by molar-refractivity contribution is -0.243. The molecule has 1 aromatic rings. The third kappa shape index (κ3) is 4.36. The second kappa shape index (κ2) is 6.82. The van der Waals surface area contributed by atoms with Crippen molar-refractivity contribution in [1.29, 1.82) is 0 Å². The second-order valence-corrected chi connectivity index (χ2v) is 7.75. The molecular formula is C10H4F10O6S2. The van der Waals surface area contributed by atoms with E-state index in [2.05, 4.69) is 8.37 Å². The first-order chi connectivity index (χ1) is 12.2. The van der Waals surface area contributed by atoms with Crippen LogP contribution in [0.15, 0.2) is 24.3 Å². The predicted octanol–water partition coefficient (Wildman–Crippen LogP) is 3.41. The van der Waals surface area contributed by atoms with Gasteiger partial charge in [0.2, 0.25) is 0 Å². The number of rotatable bonds is 6. The Labute approximate surface area is 148 Å². The molecule has 0 saturated carbocycles. The van der Waals surface area contributed by atoms with E-state index in [1.807, 2.05) is 0 Å². The highest BCUT2D eigenvalue weighted by Gasteiger charge is 2.70. The van der Waals surface area contributed by atoms with Crippen molar-refractivity contribution < 1.29 is 69.1 Å². The third-order valence-corrected chi connectivity index (χ3v) is 5.07. The fourth-order valence-electron chi connectivity index (χ4n) is 1.19. The largest absolute Gasteiger partial charge is 0.475 e. The Hall–Kier alpha value is -1.98. The van der Waals surface area contributed by atoms with Crippen LogP contribution in [-0.2, 0) is 20.2 Å². The Kier molecular flexibility index (Phi) is 5.86. The quantitative estimate of drug-likeness (QED) is 0.464. The zero-order chi connectivity index (χ0) is 22.4. The van der Waals surface area contributed by atoms with Crippen molar-refractivity contribution in [3.63, 3.8) is 0 Å². The molecule has 0 aliphatic carbocycles. The van der Waals surface area contributed by atoms with Crippen LogP contribution in [-0.4, -0.2) is 39.7 Å². The molecule has 6 nitrogen and oxygen atoms in total. The van der Waals surface area contributed by atoms with Crippen LogP contribution in [0.25, 0.3) is 0 Å². The summed E-state index contributed by atoms with van der Waals surface area (Å²) in [6.45, 7) is 0. The SMILES string of the molecule is O=S(=O)(Oc1ccc(OS(=O)(=O)C(F)(F)C(F)(F)F)cc1)C(F)(F)C(F)(F)F. The van der Waals surface area contributed by atoms with Crippen LogP contribution in [0.3, 0.4) is 0 Å². The average Bonchev–Trinajstić information content (AvgIpc) is 2.46. The maximum absolute atomic E-state index is 12.8. The minimum Gasteiger partial charge on any atom is -0.378 e. The van der Waals surface area contributed by atoms with E-state index in [9.17, 15) is 60.7 Å². The van der Waals surface area contributed by atoms with Gasteiger partial charge >= 0.3 is 43.1 Å². The van der Waals surface area contributed by atoms with Gasteiger partial charge in [-0.3, -0.25) is 0 Å². The average molecular weight is 474 g/mol. The highest BCUT2D eigenvalue weighted by molar-refractivity contribution is 7.88. The van der Waals surface area contributed by atoms with Crippen LogP contribution in [0, 0.1) is 0 Å². The lowest BCUT2D eigenvalue weighted by Crippen LogP contribution is -2.46. The number of benzene rings is 1. The molecule has 0 saturated heterocycles. The maximum Gasteiger partial charge on any atom is 0.475 e. The summed E-state index contributed by atoms with van der Waals surface area (Å²) in [6.07, 6.45) is -13.1. The molecule has 1 rings (SSSR count).